The monoisotopic (exact) mass is 357 g/mol. The van der Waals surface area contributed by atoms with E-state index in [1.807, 2.05) is 25.1 Å². The van der Waals surface area contributed by atoms with Crippen molar-refractivity contribution >= 4 is 5.71 Å². The normalized spacial score (nSPS) is 26.8. The van der Waals surface area contributed by atoms with E-state index < -0.39 is 11.3 Å². The van der Waals surface area contributed by atoms with Gasteiger partial charge in [0.25, 0.3) is 0 Å². The summed E-state index contributed by atoms with van der Waals surface area (Å²) in [6.07, 6.45) is 3.59. The largest absolute Gasteiger partial charge is 0.305 e. The Morgan fingerprint density at radius 1 is 1.19 bits per heavy atom. The lowest BCUT2D eigenvalue weighted by molar-refractivity contribution is 0.155. The molecule has 1 heterocycles. The first-order valence-corrected chi connectivity index (χ1v) is 9.38. The van der Waals surface area contributed by atoms with Crippen LogP contribution in [-0.4, -0.2) is 23.7 Å². The fraction of sp³-hybridized carbons (Fsp3) is 0.455. The maximum Gasteiger partial charge on any atom is 0.185 e. The number of rotatable bonds is 4. The zero-order valence-corrected chi connectivity index (χ0v) is 15.5. The number of nitriles is 3. The van der Waals surface area contributed by atoms with Gasteiger partial charge in [-0.3, -0.25) is 4.90 Å². The molecule has 0 radical (unpaired) electrons. The molecule has 1 saturated carbocycles. The van der Waals surface area contributed by atoms with Crippen LogP contribution in [0.15, 0.2) is 42.0 Å². The van der Waals surface area contributed by atoms with Crippen LogP contribution in [0.25, 0.3) is 0 Å². The van der Waals surface area contributed by atoms with Gasteiger partial charge >= 0.3 is 0 Å². The maximum atomic E-state index is 9.86. The molecule has 1 aromatic rings. The van der Waals surface area contributed by atoms with E-state index in [9.17, 15) is 15.8 Å². The van der Waals surface area contributed by atoms with E-state index in [1.54, 1.807) is 0 Å². The molecular weight excluding hydrogens is 334 g/mol. The Labute approximate surface area is 160 Å². The molecule has 5 heteroatoms. The Bertz CT molecular complexity index is 851. The number of hydrogen-bond donors (Lipinski definition) is 1. The molecule has 0 aromatic heterocycles. The Morgan fingerprint density at radius 3 is 2.48 bits per heavy atom. The van der Waals surface area contributed by atoms with Gasteiger partial charge in [-0.2, -0.15) is 15.8 Å². The zero-order valence-electron chi connectivity index (χ0n) is 15.5. The number of nitrogens with zero attached hydrogens (tertiary/aromatic N) is 4. The van der Waals surface area contributed by atoms with E-state index in [-0.39, 0.29) is 17.5 Å². The highest BCUT2D eigenvalue weighted by molar-refractivity contribution is 6.00. The fourth-order valence-electron chi connectivity index (χ4n) is 4.58. The van der Waals surface area contributed by atoms with E-state index in [1.165, 1.54) is 5.56 Å². The second-order valence-corrected chi connectivity index (χ2v) is 7.39. The molecule has 0 spiro atoms. The summed E-state index contributed by atoms with van der Waals surface area (Å²) in [4.78, 5) is 2.30. The van der Waals surface area contributed by atoms with Gasteiger partial charge < -0.3 is 5.41 Å². The van der Waals surface area contributed by atoms with Crippen molar-refractivity contribution in [1.82, 2.24) is 4.90 Å². The molecule has 0 saturated heterocycles. The summed E-state index contributed by atoms with van der Waals surface area (Å²) in [5.74, 6) is -1.05. The van der Waals surface area contributed by atoms with Crippen molar-refractivity contribution in [2.24, 2.45) is 23.2 Å². The van der Waals surface area contributed by atoms with Gasteiger partial charge in [0.05, 0.1) is 23.9 Å². The molecule has 1 fully saturated rings. The summed E-state index contributed by atoms with van der Waals surface area (Å²) in [5, 5.41) is 37.9. The Morgan fingerprint density at radius 2 is 1.89 bits per heavy atom. The minimum absolute atomic E-state index is 0.0348. The van der Waals surface area contributed by atoms with Crippen LogP contribution in [-0.2, 0) is 6.54 Å². The Hall–Kier alpha value is -2.94. The smallest absolute Gasteiger partial charge is 0.185 e. The third-order valence-corrected chi connectivity index (χ3v) is 5.89. The maximum absolute atomic E-state index is 9.86. The van der Waals surface area contributed by atoms with Crippen LogP contribution in [0.1, 0.15) is 25.3 Å². The topological polar surface area (TPSA) is 98.5 Å². The van der Waals surface area contributed by atoms with Crippen LogP contribution in [0.2, 0.25) is 0 Å². The first kappa shape index (κ1) is 18.8. The average molecular weight is 357 g/mol. The lowest BCUT2D eigenvalue weighted by atomic mass is 9.55. The molecule has 3 atom stereocenters. The van der Waals surface area contributed by atoms with E-state index in [4.69, 9.17) is 5.41 Å². The van der Waals surface area contributed by atoms with Gasteiger partial charge in [-0.05, 0) is 23.5 Å². The highest BCUT2D eigenvalue weighted by atomic mass is 15.1. The van der Waals surface area contributed by atoms with Crippen molar-refractivity contribution in [3.8, 4) is 18.2 Å². The number of benzene rings is 1. The molecule has 1 N–H and O–H groups in total. The van der Waals surface area contributed by atoms with Crippen molar-refractivity contribution in [3.05, 3.63) is 47.5 Å². The second-order valence-electron chi connectivity index (χ2n) is 7.39. The summed E-state index contributed by atoms with van der Waals surface area (Å²) >= 11 is 0. The van der Waals surface area contributed by atoms with Crippen molar-refractivity contribution in [2.75, 3.05) is 13.1 Å². The van der Waals surface area contributed by atoms with Crippen molar-refractivity contribution in [3.63, 3.8) is 0 Å². The first-order valence-electron chi connectivity index (χ1n) is 9.38. The Balaban J connectivity index is 1.98. The molecule has 1 aromatic carbocycles. The second kappa shape index (κ2) is 7.75. The highest BCUT2D eigenvalue weighted by Gasteiger charge is 2.56. The number of hydrogen-bond acceptors (Lipinski definition) is 5. The summed E-state index contributed by atoms with van der Waals surface area (Å²) in [6.45, 7) is 4.26. The average Bonchev–Trinajstić information content (AvgIpc) is 2.70. The van der Waals surface area contributed by atoms with Gasteiger partial charge in [-0.15, -0.1) is 0 Å². The first-order chi connectivity index (χ1) is 13.1. The van der Waals surface area contributed by atoms with Gasteiger partial charge in [0.1, 0.15) is 5.92 Å². The number of fused-ring (bicyclic) bond motifs is 1. The van der Waals surface area contributed by atoms with Crippen molar-refractivity contribution < 1.29 is 0 Å². The van der Waals surface area contributed by atoms with E-state index >= 15 is 0 Å². The van der Waals surface area contributed by atoms with Gasteiger partial charge in [-0.25, -0.2) is 0 Å². The fourth-order valence-corrected chi connectivity index (χ4v) is 4.58. The van der Waals surface area contributed by atoms with Crippen molar-refractivity contribution in [2.45, 2.75) is 26.3 Å². The van der Waals surface area contributed by atoms with E-state index in [0.29, 0.717) is 13.0 Å². The minimum atomic E-state index is -1.51. The standard InChI is InChI=1S/C22H23N5/c1-2-6-20-19-13-27(12-16-7-4-3-5-8-16)10-9-17(19)18(11-23)21(26)22(20,14-24)15-25/h3-5,7-9,18-20,26H,2,6,10,12-13H2,1H3/t18-,19+,20+/m1/s1. The Kier molecular flexibility index (Phi) is 5.41. The van der Waals surface area contributed by atoms with Crippen LogP contribution in [0.4, 0.5) is 0 Å². The van der Waals surface area contributed by atoms with Gasteiger partial charge in [-0.1, -0.05) is 49.8 Å². The lowest BCUT2D eigenvalue weighted by Gasteiger charge is -2.47. The zero-order chi connectivity index (χ0) is 19.4. The molecule has 5 nitrogen and oxygen atoms in total. The quantitative estimate of drug-likeness (QED) is 0.831. The predicted octanol–water partition coefficient (Wildman–Crippen LogP) is 3.67. The van der Waals surface area contributed by atoms with E-state index in [0.717, 1.165) is 25.1 Å². The number of nitrogens with one attached hydrogen (secondary N) is 1. The summed E-state index contributed by atoms with van der Waals surface area (Å²) in [5.41, 5.74) is 0.612. The molecule has 1 aliphatic carbocycles. The van der Waals surface area contributed by atoms with Gasteiger partial charge in [0, 0.05) is 25.6 Å². The van der Waals surface area contributed by atoms with Crippen molar-refractivity contribution in [1.29, 1.82) is 21.2 Å². The van der Waals surface area contributed by atoms with Gasteiger partial charge in [0.15, 0.2) is 5.41 Å². The van der Waals surface area contributed by atoms with Crippen LogP contribution in [0, 0.1) is 62.6 Å². The highest BCUT2D eigenvalue weighted by Crippen LogP contribution is 2.50. The molecular formula is C22H23N5. The van der Waals surface area contributed by atoms with Crippen LogP contribution in [0.3, 0.4) is 0 Å². The molecule has 136 valence electrons. The minimum Gasteiger partial charge on any atom is -0.305 e. The summed E-state index contributed by atoms with van der Waals surface area (Å²) < 4.78 is 0. The molecule has 3 rings (SSSR count). The molecule has 0 bridgehead atoms. The predicted molar refractivity (Wildman–Crippen MR) is 102 cm³/mol. The van der Waals surface area contributed by atoms with Gasteiger partial charge in [0.2, 0.25) is 0 Å². The lowest BCUT2D eigenvalue weighted by Crippen LogP contribution is -2.53. The third-order valence-electron chi connectivity index (χ3n) is 5.89. The van der Waals surface area contributed by atoms with E-state index in [2.05, 4.69) is 41.3 Å². The summed E-state index contributed by atoms with van der Waals surface area (Å²) in [6, 6.07) is 16.7. The molecule has 0 amide bonds. The molecule has 0 unspecified atom stereocenters. The summed E-state index contributed by atoms with van der Waals surface area (Å²) in [7, 11) is 0. The van der Waals surface area contributed by atoms with Crippen LogP contribution in [0.5, 0.6) is 0 Å². The SMILES string of the molecule is CCC[C@H]1[C@H]2CN(Cc3ccccc3)CC=C2[C@@H](C#N)C(=N)C1(C#N)C#N. The van der Waals surface area contributed by atoms with Crippen LogP contribution >= 0.6 is 0 Å². The third kappa shape index (κ3) is 3.14. The molecule has 27 heavy (non-hydrogen) atoms. The molecule has 1 aliphatic heterocycles. The van der Waals surface area contributed by atoms with Crippen LogP contribution < -0.4 is 0 Å². The molecule has 2 aliphatic rings.